The number of nitrogens with zero attached hydrogens (tertiary/aromatic N) is 2. The Morgan fingerprint density at radius 1 is 1.19 bits per heavy atom. The molecular weight excluding hydrogens is 429 g/mol. The van der Waals surface area contributed by atoms with Crippen LogP contribution in [0.15, 0.2) is 27.4 Å². The first-order valence-electron chi connectivity index (χ1n) is 10.4. The van der Waals surface area contributed by atoms with E-state index in [-0.39, 0.29) is 48.6 Å². The van der Waals surface area contributed by atoms with E-state index in [0.29, 0.717) is 36.6 Å². The minimum atomic E-state index is -4.70. The van der Waals surface area contributed by atoms with Gasteiger partial charge in [-0.3, -0.25) is 9.69 Å². The van der Waals surface area contributed by atoms with Crippen LogP contribution in [0.5, 0.6) is 5.75 Å². The second kappa shape index (κ2) is 9.22. The fourth-order valence-corrected chi connectivity index (χ4v) is 3.71. The average Bonchev–Trinajstić information content (AvgIpc) is 2.99. The largest absolute Gasteiger partial charge is 0.493 e. The number of carbonyl (C=O) groups excluding carboxylic acids is 2. The molecule has 0 N–H and O–H groups in total. The Kier molecular flexibility index (Phi) is 6.80. The number of benzene rings is 1. The number of ether oxygens (including phenoxy) is 1. The molecule has 2 aromatic rings. The predicted octanol–water partition coefficient (Wildman–Crippen LogP) is 4.21. The summed E-state index contributed by atoms with van der Waals surface area (Å²) < 4.78 is 51.0. The van der Waals surface area contributed by atoms with Gasteiger partial charge in [-0.15, -0.1) is 0 Å². The lowest BCUT2D eigenvalue weighted by Gasteiger charge is -2.20. The molecule has 1 saturated heterocycles. The van der Waals surface area contributed by atoms with Crippen molar-refractivity contribution in [3.05, 3.63) is 39.7 Å². The minimum Gasteiger partial charge on any atom is -0.493 e. The summed E-state index contributed by atoms with van der Waals surface area (Å²) in [5.74, 6) is 0.0345. The molecule has 1 aromatic carbocycles. The van der Waals surface area contributed by atoms with Crippen LogP contribution in [0.1, 0.15) is 44.7 Å². The Morgan fingerprint density at radius 2 is 1.91 bits per heavy atom. The van der Waals surface area contributed by atoms with E-state index >= 15 is 0 Å². The van der Waals surface area contributed by atoms with Gasteiger partial charge in [0.15, 0.2) is 0 Å². The molecule has 1 aliphatic heterocycles. The number of hydrogen-bond donors (Lipinski definition) is 0. The van der Waals surface area contributed by atoms with Crippen molar-refractivity contribution in [1.82, 2.24) is 9.80 Å². The van der Waals surface area contributed by atoms with Crippen molar-refractivity contribution in [3.8, 4) is 5.75 Å². The molecule has 0 spiro atoms. The molecular formula is C22H25F3N2O5. The molecule has 1 aromatic heterocycles. The SMILES string of the molecule is CCCc1c(OCCCN2C(=O)CN(C(C)C)C2=O)ccc2c(C(F)(F)F)cc(=O)oc12. The third-order valence-electron chi connectivity index (χ3n) is 5.27. The zero-order chi connectivity index (χ0) is 23.6. The number of alkyl halides is 3. The van der Waals surface area contributed by atoms with Gasteiger partial charge < -0.3 is 14.1 Å². The summed E-state index contributed by atoms with van der Waals surface area (Å²) in [6.07, 6.45) is -3.40. The summed E-state index contributed by atoms with van der Waals surface area (Å²) >= 11 is 0. The first-order valence-corrected chi connectivity index (χ1v) is 10.4. The molecule has 10 heteroatoms. The minimum absolute atomic E-state index is 0.0449. The monoisotopic (exact) mass is 454 g/mol. The molecule has 0 unspecified atom stereocenters. The molecule has 3 rings (SSSR count). The maximum atomic E-state index is 13.4. The summed E-state index contributed by atoms with van der Waals surface area (Å²) in [6, 6.07) is 2.67. The molecule has 0 radical (unpaired) electrons. The molecule has 174 valence electrons. The van der Waals surface area contributed by atoms with Crippen molar-refractivity contribution < 1.29 is 31.9 Å². The Labute approximate surface area is 182 Å². The number of aryl methyl sites for hydroxylation is 1. The van der Waals surface area contributed by atoms with E-state index in [1.54, 1.807) is 0 Å². The molecule has 0 aliphatic carbocycles. The number of rotatable bonds is 8. The van der Waals surface area contributed by atoms with Gasteiger partial charge in [-0.1, -0.05) is 13.3 Å². The summed E-state index contributed by atoms with van der Waals surface area (Å²) in [6.45, 7) is 5.85. The molecule has 0 atom stereocenters. The van der Waals surface area contributed by atoms with Gasteiger partial charge in [0, 0.05) is 29.6 Å². The number of amides is 3. The number of urea groups is 1. The first kappa shape index (κ1) is 23.6. The first-order chi connectivity index (χ1) is 15.0. The summed E-state index contributed by atoms with van der Waals surface area (Å²) in [5.41, 5.74) is -1.89. The summed E-state index contributed by atoms with van der Waals surface area (Å²) in [7, 11) is 0. The topological polar surface area (TPSA) is 80.1 Å². The molecule has 1 fully saturated rings. The van der Waals surface area contributed by atoms with Crippen LogP contribution in [-0.2, 0) is 17.4 Å². The van der Waals surface area contributed by atoms with Crippen molar-refractivity contribution in [1.29, 1.82) is 0 Å². The Balaban J connectivity index is 1.78. The van der Waals surface area contributed by atoms with Crippen LogP contribution in [0, 0.1) is 0 Å². The van der Waals surface area contributed by atoms with Crippen LogP contribution in [0.2, 0.25) is 0 Å². The highest BCUT2D eigenvalue weighted by atomic mass is 19.4. The maximum Gasteiger partial charge on any atom is 0.417 e. The third-order valence-corrected chi connectivity index (χ3v) is 5.27. The molecule has 7 nitrogen and oxygen atoms in total. The van der Waals surface area contributed by atoms with E-state index in [1.165, 1.54) is 21.9 Å². The number of carbonyl (C=O) groups is 2. The van der Waals surface area contributed by atoms with Crippen molar-refractivity contribution in [3.63, 3.8) is 0 Å². The van der Waals surface area contributed by atoms with Crippen LogP contribution in [-0.4, -0.2) is 47.5 Å². The van der Waals surface area contributed by atoms with Crippen LogP contribution in [0.25, 0.3) is 11.0 Å². The van der Waals surface area contributed by atoms with E-state index in [9.17, 15) is 27.6 Å². The summed E-state index contributed by atoms with van der Waals surface area (Å²) in [5, 5.41) is -0.199. The summed E-state index contributed by atoms with van der Waals surface area (Å²) in [4.78, 5) is 38.8. The lowest BCUT2D eigenvalue weighted by Crippen LogP contribution is -2.37. The van der Waals surface area contributed by atoms with Gasteiger partial charge in [0.1, 0.15) is 17.9 Å². The van der Waals surface area contributed by atoms with E-state index in [1.807, 2.05) is 20.8 Å². The molecule has 0 bridgehead atoms. The molecule has 0 saturated carbocycles. The van der Waals surface area contributed by atoms with Gasteiger partial charge >= 0.3 is 17.8 Å². The van der Waals surface area contributed by atoms with Gasteiger partial charge in [-0.2, -0.15) is 13.2 Å². The van der Waals surface area contributed by atoms with E-state index < -0.39 is 17.4 Å². The lowest BCUT2D eigenvalue weighted by atomic mass is 10.0. The number of halogens is 3. The van der Waals surface area contributed by atoms with Gasteiger partial charge in [0.05, 0.1) is 12.2 Å². The third kappa shape index (κ3) is 4.73. The van der Waals surface area contributed by atoms with E-state index in [2.05, 4.69) is 0 Å². The standard InChI is InChI=1S/C22H25F3N2O5/c1-4-6-15-17(8-7-14-16(22(23,24)25)11-19(29)32-20(14)15)31-10-5-9-26-18(28)12-27(13(2)3)21(26)30/h7-8,11,13H,4-6,9-10,12H2,1-3H3. The Morgan fingerprint density at radius 3 is 2.50 bits per heavy atom. The van der Waals surface area contributed by atoms with Gasteiger partial charge in [-0.05, 0) is 38.8 Å². The van der Waals surface area contributed by atoms with Crippen LogP contribution in [0.3, 0.4) is 0 Å². The Bertz CT molecular complexity index is 1080. The smallest absolute Gasteiger partial charge is 0.417 e. The highest BCUT2D eigenvalue weighted by molar-refractivity contribution is 6.02. The maximum absolute atomic E-state index is 13.4. The normalized spacial score (nSPS) is 14.8. The molecule has 3 amide bonds. The number of fused-ring (bicyclic) bond motifs is 1. The molecule has 2 heterocycles. The van der Waals surface area contributed by atoms with Gasteiger partial charge in [0.2, 0.25) is 5.91 Å². The van der Waals surface area contributed by atoms with Crippen LogP contribution >= 0.6 is 0 Å². The second-order valence-corrected chi connectivity index (χ2v) is 7.90. The quantitative estimate of drug-likeness (QED) is 0.339. The van der Waals surface area contributed by atoms with Crippen LogP contribution in [0.4, 0.5) is 18.0 Å². The van der Waals surface area contributed by atoms with Crippen molar-refractivity contribution in [2.45, 2.75) is 52.3 Å². The van der Waals surface area contributed by atoms with E-state index in [0.717, 1.165) is 0 Å². The average molecular weight is 454 g/mol. The van der Waals surface area contributed by atoms with Crippen molar-refractivity contribution >= 4 is 22.9 Å². The van der Waals surface area contributed by atoms with Crippen molar-refractivity contribution in [2.75, 3.05) is 19.7 Å². The zero-order valence-corrected chi connectivity index (χ0v) is 18.1. The fraction of sp³-hybridized carbons (Fsp3) is 0.500. The predicted molar refractivity (Wildman–Crippen MR) is 111 cm³/mol. The lowest BCUT2D eigenvalue weighted by molar-refractivity contribution is -0.136. The molecule has 32 heavy (non-hydrogen) atoms. The highest BCUT2D eigenvalue weighted by Gasteiger charge is 2.37. The van der Waals surface area contributed by atoms with E-state index in [4.69, 9.17) is 9.15 Å². The second-order valence-electron chi connectivity index (χ2n) is 7.90. The number of hydrogen-bond acceptors (Lipinski definition) is 5. The van der Waals surface area contributed by atoms with Gasteiger partial charge in [0.25, 0.3) is 0 Å². The molecule has 1 aliphatic rings. The van der Waals surface area contributed by atoms with Gasteiger partial charge in [-0.25, -0.2) is 9.59 Å². The zero-order valence-electron chi connectivity index (χ0n) is 18.1. The number of imide groups is 1. The Hall–Kier alpha value is -3.04. The highest BCUT2D eigenvalue weighted by Crippen LogP contribution is 2.37. The fourth-order valence-electron chi connectivity index (χ4n) is 3.71. The van der Waals surface area contributed by atoms with Crippen molar-refractivity contribution in [2.24, 2.45) is 0 Å². The van der Waals surface area contributed by atoms with Crippen LogP contribution < -0.4 is 10.4 Å².